The van der Waals surface area contributed by atoms with E-state index in [9.17, 15) is 0 Å². The maximum absolute atomic E-state index is 4.60. The summed E-state index contributed by atoms with van der Waals surface area (Å²) in [6.07, 6.45) is 7.45. The van der Waals surface area contributed by atoms with E-state index in [2.05, 4.69) is 38.8 Å². The van der Waals surface area contributed by atoms with Gasteiger partial charge in [0, 0.05) is 23.3 Å². The molecule has 0 aromatic carbocycles. The van der Waals surface area contributed by atoms with Gasteiger partial charge in [0.25, 0.3) is 0 Å². The first kappa shape index (κ1) is 10.6. The van der Waals surface area contributed by atoms with E-state index in [0.29, 0.717) is 0 Å². The number of aromatic nitrogens is 1. The van der Waals surface area contributed by atoms with Crippen LogP contribution in [-0.4, -0.2) is 17.6 Å². The van der Waals surface area contributed by atoms with Crippen LogP contribution >= 0.6 is 15.9 Å². The van der Waals surface area contributed by atoms with Crippen LogP contribution in [0, 0.1) is 12.8 Å². The van der Waals surface area contributed by atoms with Gasteiger partial charge in [-0.1, -0.05) is 0 Å². The highest BCUT2D eigenvalue weighted by Gasteiger charge is 2.34. The van der Waals surface area contributed by atoms with E-state index in [1.165, 1.54) is 43.6 Å². The Morgan fingerprint density at radius 1 is 1.38 bits per heavy atom. The van der Waals surface area contributed by atoms with Gasteiger partial charge in [0.15, 0.2) is 0 Å². The molecule has 86 valence electrons. The van der Waals surface area contributed by atoms with Gasteiger partial charge in [-0.05, 0) is 66.1 Å². The van der Waals surface area contributed by atoms with Crippen LogP contribution in [0.2, 0.25) is 0 Å². The normalized spacial score (nSPS) is 19.9. The highest BCUT2D eigenvalue weighted by Crippen LogP contribution is 2.38. The Labute approximate surface area is 105 Å². The molecular weight excluding hydrogens is 264 g/mol. The number of rotatable bonds is 4. The summed E-state index contributed by atoms with van der Waals surface area (Å²) in [7, 11) is 0. The fourth-order valence-electron chi connectivity index (χ4n) is 2.21. The van der Waals surface area contributed by atoms with Gasteiger partial charge in [0.2, 0.25) is 0 Å². The van der Waals surface area contributed by atoms with Crippen molar-refractivity contribution in [3.05, 3.63) is 22.3 Å². The molecule has 2 fully saturated rings. The van der Waals surface area contributed by atoms with Gasteiger partial charge in [-0.25, -0.2) is 4.98 Å². The Bertz CT molecular complexity index is 397. The minimum absolute atomic E-state index is 0.771. The molecule has 0 unspecified atom stereocenters. The number of hydrogen-bond donors (Lipinski definition) is 0. The molecule has 2 nitrogen and oxygen atoms in total. The fourth-order valence-corrected chi connectivity index (χ4v) is 2.65. The molecule has 0 bridgehead atoms. The zero-order chi connectivity index (χ0) is 11.1. The van der Waals surface area contributed by atoms with E-state index in [-0.39, 0.29) is 0 Å². The smallest absolute Gasteiger partial charge is 0.131 e. The third-order valence-corrected chi connectivity index (χ3v) is 3.86. The average molecular weight is 281 g/mol. The standard InChI is InChI=1S/C13H17BrN2/c1-9-6-11(14)7-15-13(9)16(12-4-5-12)8-10-2-3-10/h6-7,10,12H,2-5,8H2,1H3. The van der Waals surface area contributed by atoms with Gasteiger partial charge in [0.1, 0.15) is 5.82 Å². The first-order chi connectivity index (χ1) is 7.74. The zero-order valence-electron chi connectivity index (χ0n) is 9.62. The lowest BCUT2D eigenvalue weighted by Gasteiger charge is -2.25. The van der Waals surface area contributed by atoms with Crippen molar-refractivity contribution in [2.24, 2.45) is 5.92 Å². The average Bonchev–Trinajstić information content (AvgIpc) is 3.11. The Morgan fingerprint density at radius 2 is 2.12 bits per heavy atom. The van der Waals surface area contributed by atoms with E-state index in [1.54, 1.807) is 0 Å². The molecule has 0 spiro atoms. The quantitative estimate of drug-likeness (QED) is 0.839. The van der Waals surface area contributed by atoms with Crippen LogP contribution in [-0.2, 0) is 0 Å². The Kier molecular flexibility index (Phi) is 2.66. The predicted molar refractivity (Wildman–Crippen MR) is 69.8 cm³/mol. The third-order valence-electron chi connectivity index (χ3n) is 3.43. The van der Waals surface area contributed by atoms with Gasteiger partial charge >= 0.3 is 0 Å². The molecular formula is C13H17BrN2. The minimum Gasteiger partial charge on any atom is -0.353 e. The van der Waals surface area contributed by atoms with Crippen LogP contribution < -0.4 is 4.90 Å². The predicted octanol–water partition coefficient (Wildman–Crippen LogP) is 3.53. The van der Waals surface area contributed by atoms with Gasteiger partial charge in [-0.15, -0.1) is 0 Å². The second-order valence-corrected chi connectivity index (χ2v) is 6.04. The van der Waals surface area contributed by atoms with Crippen molar-refractivity contribution < 1.29 is 0 Å². The van der Waals surface area contributed by atoms with Crippen LogP contribution in [0.25, 0.3) is 0 Å². The van der Waals surface area contributed by atoms with Crippen LogP contribution in [0.1, 0.15) is 31.2 Å². The van der Waals surface area contributed by atoms with Crippen LogP contribution in [0.15, 0.2) is 16.7 Å². The van der Waals surface area contributed by atoms with Crippen LogP contribution in [0.3, 0.4) is 0 Å². The number of anilines is 1. The second kappa shape index (κ2) is 4.02. The lowest BCUT2D eigenvalue weighted by Crippen LogP contribution is -2.29. The van der Waals surface area contributed by atoms with Crippen LogP contribution in [0.5, 0.6) is 0 Å². The molecule has 1 aromatic heterocycles. The van der Waals surface area contributed by atoms with Crippen molar-refractivity contribution in [3.8, 4) is 0 Å². The molecule has 2 aliphatic rings. The minimum atomic E-state index is 0.771. The Hall–Kier alpha value is -0.570. The van der Waals surface area contributed by atoms with E-state index in [0.717, 1.165) is 16.4 Å². The number of pyridine rings is 1. The molecule has 2 aliphatic carbocycles. The molecule has 1 heterocycles. The monoisotopic (exact) mass is 280 g/mol. The molecule has 0 amide bonds. The van der Waals surface area contributed by atoms with E-state index < -0.39 is 0 Å². The van der Waals surface area contributed by atoms with E-state index in [1.807, 2.05) is 6.20 Å². The van der Waals surface area contributed by atoms with Gasteiger partial charge < -0.3 is 4.90 Å². The summed E-state index contributed by atoms with van der Waals surface area (Å²) in [5.74, 6) is 2.14. The maximum atomic E-state index is 4.60. The summed E-state index contributed by atoms with van der Waals surface area (Å²) in [5, 5.41) is 0. The topological polar surface area (TPSA) is 16.1 Å². The van der Waals surface area contributed by atoms with E-state index in [4.69, 9.17) is 0 Å². The molecule has 16 heavy (non-hydrogen) atoms. The molecule has 3 heteroatoms. The number of aryl methyl sites for hydroxylation is 1. The molecule has 2 saturated carbocycles. The van der Waals surface area contributed by atoms with Crippen molar-refractivity contribution in [1.29, 1.82) is 0 Å². The molecule has 3 rings (SSSR count). The van der Waals surface area contributed by atoms with E-state index >= 15 is 0 Å². The van der Waals surface area contributed by atoms with Gasteiger partial charge in [0.05, 0.1) is 0 Å². The highest BCUT2D eigenvalue weighted by atomic mass is 79.9. The molecule has 0 radical (unpaired) electrons. The highest BCUT2D eigenvalue weighted by molar-refractivity contribution is 9.10. The van der Waals surface area contributed by atoms with Gasteiger partial charge in [-0.3, -0.25) is 0 Å². The summed E-state index contributed by atoms with van der Waals surface area (Å²) >= 11 is 3.48. The summed E-state index contributed by atoms with van der Waals surface area (Å²) in [4.78, 5) is 7.14. The first-order valence-electron chi connectivity index (χ1n) is 6.13. The SMILES string of the molecule is Cc1cc(Br)cnc1N(CC1CC1)C1CC1. The molecule has 0 aliphatic heterocycles. The van der Waals surface area contributed by atoms with Crippen molar-refractivity contribution in [3.63, 3.8) is 0 Å². The fraction of sp³-hybridized carbons (Fsp3) is 0.615. The zero-order valence-corrected chi connectivity index (χ0v) is 11.2. The van der Waals surface area contributed by atoms with Crippen molar-refractivity contribution in [2.75, 3.05) is 11.4 Å². The van der Waals surface area contributed by atoms with Crippen molar-refractivity contribution in [1.82, 2.24) is 4.98 Å². The molecule has 0 saturated heterocycles. The van der Waals surface area contributed by atoms with Crippen molar-refractivity contribution >= 4 is 21.7 Å². The summed E-state index contributed by atoms with van der Waals surface area (Å²) < 4.78 is 1.08. The lowest BCUT2D eigenvalue weighted by molar-refractivity contribution is 0.706. The number of halogens is 1. The van der Waals surface area contributed by atoms with Crippen LogP contribution in [0.4, 0.5) is 5.82 Å². The first-order valence-corrected chi connectivity index (χ1v) is 6.92. The van der Waals surface area contributed by atoms with Gasteiger partial charge in [-0.2, -0.15) is 0 Å². The largest absolute Gasteiger partial charge is 0.353 e. The lowest BCUT2D eigenvalue weighted by atomic mass is 10.2. The summed E-state index contributed by atoms with van der Waals surface area (Å²) in [5.41, 5.74) is 1.29. The number of hydrogen-bond acceptors (Lipinski definition) is 2. The summed E-state index contributed by atoms with van der Waals surface area (Å²) in [6.45, 7) is 3.38. The molecule has 0 N–H and O–H groups in total. The molecule has 1 aromatic rings. The summed E-state index contributed by atoms with van der Waals surface area (Å²) in [6, 6.07) is 2.94. The maximum Gasteiger partial charge on any atom is 0.131 e. The Balaban J connectivity index is 1.85. The van der Waals surface area contributed by atoms with Crippen molar-refractivity contribution in [2.45, 2.75) is 38.6 Å². The second-order valence-electron chi connectivity index (χ2n) is 5.12. The third kappa shape index (κ3) is 2.24. The molecule has 0 atom stereocenters. The number of nitrogens with zero attached hydrogens (tertiary/aromatic N) is 2. The Morgan fingerprint density at radius 3 is 2.69 bits per heavy atom.